The fourth-order valence-corrected chi connectivity index (χ4v) is 3.02. The van der Waals surface area contributed by atoms with Gasteiger partial charge in [-0.05, 0) is 31.0 Å². The van der Waals surface area contributed by atoms with Crippen LogP contribution in [-0.2, 0) is 39.8 Å². The van der Waals surface area contributed by atoms with Gasteiger partial charge in [-0.3, -0.25) is 4.18 Å². The lowest BCUT2D eigenvalue weighted by Gasteiger charge is -2.21. The van der Waals surface area contributed by atoms with Gasteiger partial charge in [-0.2, -0.15) is 8.42 Å². The number of ether oxygens (including phenoxy) is 4. The van der Waals surface area contributed by atoms with Crippen molar-refractivity contribution in [3.8, 4) is 11.5 Å². The van der Waals surface area contributed by atoms with E-state index in [1.165, 1.54) is 12.1 Å². The maximum atomic E-state index is 12.0. The molecule has 1 atom stereocenters. The number of hydrogen-bond acceptors (Lipinski definition) is 9. The van der Waals surface area contributed by atoms with Crippen molar-refractivity contribution in [1.29, 1.82) is 0 Å². The molecule has 25 heavy (non-hydrogen) atoms. The molecule has 0 radical (unpaired) electrons. The predicted molar refractivity (Wildman–Crippen MR) is 83.6 cm³/mol. The van der Waals surface area contributed by atoms with E-state index in [-0.39, 0.29) is 17.9 Å². The van der Waals surface area contributed by atoms with E-state index < -0.39 is 33.9 Å². The second kappa shape index (κ2) is 6.89. The summed E-state index contributed by atoms with van der Waals surface area (Å²) in [5, 5.41) is 0. The Morgan fingerprint density at radius 2 is 1.68 bits per heavy atom. The van der Waals surface area contributed by atoms with Crippen LogP contribution in [0.15, 0.2) is 18.2 Å². The quantitative estimate of drug-likeness (QED) is 0.396. The van der Waals surface area contributed by atoms with Gasteiger partial charge in [0.05, 0.1) is 26.6 Å². The summed E-state index contributed by atoms with van der Waals surface area (Å²) in [6.07, 6.45) is 0.610. The van der Waals surface area contributed by atoms with Crippen LogP contribution in [-0.4, -0.2) is 52.7 Å². The molecule has 0 spiro atoms. The molecule has 0 aromatic heterocycles. The third-order valence-electron chi connectivity index (χ3n) is 3.29. The molecule has 0 N–H and O–H groups in total. The fourth-order valence-electron chi connectivity index (χ4n) is 2.36. The molecule has 0 saturated heterocycles. The lowest BCUT2D eigenvalue weighted by atomic mass is 10.1. The normalized spacial score (nSPS) is 16.2. The molecule has 9 nitrogen and oxygen atoms in total. The first-order chi connectivity index (χ1) is 11.6. The highest BCUT2D eigenvalue weighted by molar-refractivity contribution is 7.86. The van der Waals surface area contributed by atoms with Gasteiger partial charge in [0.2, 0.25) is 0 Å². The largest absolute Gasteiger partial charge is 0.463 e. The van der Waals surface area contributed by atoms with Crippen molar-refractivity contribution in [2.24, 2.45) is 0 Å². The summed E-state index contributed by atoms with van der Waals surface area (Å²) in [7, 11) is -1.42. The molecule has 10 heteroatoms. The van der Waals surface area contributed by atoms with Crippen molar-refractivity contribution in [3.05, 3.63) is 23.8 Å². The SMILES string of the molecule is COC(=O)C1(C(=O)OC)Oc2ccc(CC(C)OS(C)(=O)=O)cc2O1. The zero-order chi connectivity index (χ0) is 18.8. The summed E-state index contributed by atoms with van der Waals surface area (Å²) < 4.78 is 47.0. The molecule has 0 bridgehead atoms. The van der Waals surface area contributed by atoms with Crippen molar-refractivity contribution in [2.75, 3.05) is 20.5 Å². The Morgan fingerprint density at radius 3 is 2.20 bits per heavy atom. The maximum absolute atomic E-state index is 12.0. The average molecular weight is 374 g/mol. The van der Waals surface area contributed by atoms with Gasteiger partial charge >= 0.3 is 17.7 Å². The molecule has 0 saturated carbocycles. The van der Waals surface area contributed by atoms with Crippen LogP contribution in [0.3, 0.4) is 0 Å². The Hall–Kier alpha value is -2.33. The molecule has 1 heterocycles. The van der Waals surface area contributed by atoms with Gasteiger partial charge in [0.1, 0.15) is 0 Å². The third kappa shape index (κ3) is 4.02. The summed E-state index contributed by atoms with van der Waals surface area (Å²) >= 11 is 0. The Balaban J connectivity index is 2.24. The van der Waals surface area contributed by atoms with Crippen molar-refractivity contribution in [1.82, 2.24) is 0 Å². The van der Waals surface area contributed by atoms with Crippen LogP contribution in [0, 0.1) is 0 Å². The Morgan fingerprint density at radius 1 is 1.12 bits per heavy atom. The number of methoxy groups -OCH3 is 2. The van der Waals surface area contributed by atoms with Crippen LogP contribution >= 0.6 is 0 Å². The molecule has 0 fully saturated rings. The van der Waals surface area contributed by atoms with E-state index in [9.17, 15) is 18.0 Å². The van der Waals surface area contributed by atoms with Gasteiger partial charge in [0.15, 0.2) is 11.5 Å². The predicted octanol–water partition coefficient (Wildman–Crippen LogP) is 0.407. The lowest BCUT2D eigenvalue weighted by molar-refractivity contribution is -0.199. The molecule has 1 unspecified atom stereocenters. The summed E-state index contributed by atoms with van der Waals surface area (Å²) in [6, 6.07) is 4.64. The summed E-state index contributed by atoms with van der Waals surface area (Å²) in [6.45, 7) is 1.60. The van der Waals surface area contributed by atoms with Gasteiger partial charge in [-0.25, -0.2) is 9.59 Å². The average Bonchev–Trinajstić information content (AvgIpc) is 2.91. The van der Waals surface area contributed by atoms with Crippen LogP contribution in [0.5, 0.6) is 11.5 Å². The number of esters is 2. The van der Waals surface area contributed by atoms with Gasteiger partial charge in [-0.15, -0.1) is 0 Å². The Labute approximate surface area is 144 Å². The summed E-state index contributed by atoms with van der Waals surface area (Å²) in [5.74, 6) is -4.22. The van der Waals surface area contributed by atoms with Crippen molar-refractivity contribution < 1.29 is 41.1 Å². The second-order valence-electron chi connectivity index (χ2n) is 5.40. The van der Waals surface area contributed by atoms with E-state index in [1.54, 1.807) is 13.0 Å². The van der Waals surface area contributed by atoms with E-state index in [1.807, 2.05) is 0 Å². The van der Waals surface area contributed by atoms with E-state index >= 15 is 0 Å². The van der Waals surface area contributed by atoms with Crippen molar-refractivity contribution in [2.45, 2.75) is 25.2 Å². The van der Waals surface area contributed by atoms with Crippen LogP contribution in [0.25, 0.3) is 0 Å². The lowest BCUT2D eigenvalue weighted by Crippen LogP contribution is -2.55. The van der Waals surface area contributed by atoms with E-state index in [2.05, 4.69) is 9.47 Å². The zero-order valence-corrected chi connectivity index (χ0v) is 14.9. The second-order valence-corrected chi connectivity index (χ2v) is 7.00. The number of fused-ring (bicyclic) bond motifs is 1. The molecule has 1 aliphatic rings. The molecule has 138 valence electrons. The first kappa shape index (κ1) is 19.0. The molecular weight excluding hydrogens is 356 g/mol. The smallest absolute Gasteiger partial charge is 0.453 e. The van der Waals surface area contributed by atoms with Crippen molar-refractivity contribution in [3.63, 3.8) is 0 Å². The highest BCUT2D eigenvalue weighted by Crippen LogP contribution is 2.41. The molecular formula is C15H18O9S. The van der Waals surface area contributed by atoms with E-state index in [0.717, 1.165) is 20.5 Å². The molecule has 0 aliphatic carbocycles. The molecule has 0 amide bonds. The first-order valence-electron chi connectivity index (χ1n) is 7.17. The van der Waals surface area contributed by atoms with Crippen molar-refractivity contribution >= 4 is 22.1 Å². The third-order valence-corrected chi connectivity index (χ3v) is 3.96. The first-order valence-corrected chi connectivity index (χ1v) is 8.99. The minimum absolute atomic E-state index is 0.125. The van der Waals surface area contributed by atoms with Gasteiger partial charge in [-0.1, -0.05) is 6.07 Å². The highest BCUT2D eigenvalue weighted by Gasteiger charge is 2.59. The highest BCUT2D eigenvalue weighted by atomic mass is 32.2. The van der Waals surface area contributed by atoms with Gasteiger partial charge < -0.3 is 18.9 Å². The van der Waals surface area contributed by atoms with Crippen LogP contribution in [0.1, 0.15) is 12.5 Å². The standard InChI is InChI=1S/C15H18O9S/c1-9(24-25(4,18)19)7-10-5-6-11-12(8-10)23-15(22-11,13(16)20-2)14(17)21-3/h5-6,8-9H,7H2,1-4H3. The van der Waals surface area contributed by atoms with E-state index in [0.29, 0.717) is 5.56 Å². The van der Waals surface area contributed by atoms with Crippen LogP contribution in [0.4, 0.5) is 0 Å². The number of rotatable bonds is 6. The topological polar surface area (TPSA) is 114 Å². The van der Waals surface area contributed by atoms with Gasteiger partial charge in [0.25, 0.3) is 10.1 Å². The minimum Gasteiger partial charge on any atom is -0.463 e. The summed E-state index contributed by atoms with van der Waals surface area (Å²) in [5.41, 5.74) is 0.657. The van der Waals surface area contributed by atoms with Crippen LogP contribution < -0.4 is 9.47 Å². The maximum Gasteiger partial charge on any atom is 0.453 e. The zero-order valence-electron chi connectivity index (χ0n) is 14.1. The minimum atomic E-state index is -3.58. The van der Waals surface area contributed by atoms with Crippen LogP contribution in [0.2, 0.25) is 0 Å². The Kier molecular flexibility index (Phi) is 5.23. The summed E-state index contributed by atoms with van der Waals surface area (Å²) in [4.78, 5) is 23.9. The monoisotopic (exact) mass is 374 g/mol. The Bertz CT molecular complexity index is 768. The van der Waals surface area contributed by atoms with Gasteiger partial charge in [0, 0.05) is 0 Å². The number of hydrogen-bond donors (Lipinski definition) is 0. The molecule has 1 aliphatic heterocycles. The number of carbonyl (C=O) groups excluding carboxylic acids is 2. The number of benzene rings is 1. The van der Waals surface area contributed by atoms with E-state index in [4.69, 9.17) is 13.7 Å². The fraction of sp³-hybridized carbons (Fsp3) is 0.467. The molecule has 2 rings (SSSR count). The molecule has 1 aromatic rings. The number of carbonyl (C=O) groups is 2. The molecule has 1 aromatic carbocycles.